The van der Waals surface area contributed by atoms with Crippen molar-refractivity contribution in [3.63, 3.8) is 0 Å². The Kier molecular flexibility index (Phi) is 2.91. The Hall–Kier alpha value is -1.62. The third kappa shape index (κ3) is 2.06. The molecule has 0 radical (unpaired) electrons. The van der Waals surface area contributed by atoms with E-state index >= 15 is 0 Å². The summed E-state index contributed by atoms with van der Waals surface area (Å²) in [5.74, 6) is 0.804. The van der Waals surface area contributed by atoms with Gasteiger partial charge in [0.2, 0.25) is 5.95 Å². The van der Waals surface area contributed by atoms with Crippen LogP contribution in [0.1, 0.15) is 18.5 Å². The molecule has 3 heterocycles. The molecular formula is C13H19N5. The lowest BCUT2D eigenvalue weighted by atomic mass is 10.2. The lowest BCUT2D eigenvalue weighted by Crippen LogP contribution is -2.35. The van der Waals surface area contributed by atoms with Crippen molar-refractivity contribution in [1.82, 2.24) is 19.9 Å². The molecule has 96 valence electrons. The highest BCUT2D eigenvalue weighted by atomic mass is 15.4. The van der Waals surface area contributed by atoms with Gasteiger partial charge in [-0.25, -0.2) is 4.52 Å². The van der Waals surface area contributed by atoms with Crippen LogP contribution in [0.5, 0.6) is 0 Å². The van der Waals surface area contributed by atoms with Crippen LogP contribution in [0.4, 0.5) is 5.95 Å². The van der Waals surface area contributed by atoms with Crippen molar-refractivity contribution in [3.8, 4) is 0 Å². The third-order valence-electron chi connectivity index (χ3n) is 3.54. The van der Waals surface area contributed by atoms with E-state index in [9.17, 15) is 0 Å². The molecule has 2 aromatic rings. The number of fused-ring (bicyclic) bond motifs is 1. The molecule has 1 saturated heterocycles. The molecule has 18 heavy (non-hydrogen) atoms. The van der Waals surface area contributed by atoms with Crippen LogP contribution in [0.2, 0.25) is 0 Å². The first-order valence-corrected chi connectivity index (χ1v) is 6.51. The monoisotopic (exact) mass is 245 g/mol. The summed E-state index contributed by atoms with van der Waals surface area (Å²) in [7, 11) is 2.06. The summed E-state index contributed by atoms with van der Waals surface area (Å²) in [6.45, 7) is 4.15. The Balaban J connectivity index is 1.82. The van der Waals surface area contributed by atoms with Crippen LogP contribution in [-0.2, 0) is 0 Å². The fourth-order valence-electron chi connectivity index (χ4n) is 2.51. The number of pyridine rings is 1. The number of hydrogen-bond donors (Lipinski definition) is 1. The minimum atomic E-state index is 0.572. The highest BCUT2D eigenvalue weighted by Crippen LogP contribution is 2.13. The quantitative estimate of drug-likeness (QED) is 0.883. The van der Waals surface area contributed by atoms with Gasteiger partial charge in [-0.1, -0.05) is 6.07 Å². The molecule has 1 aliphatic rings. The summed E-state index contributed by atoms with van der Waals surface area (Å²) in [6.07, 6.45) is 2.52. The lowest BCUT2D eigenvalue weighted by Gasteiger charge is -2.19. The maximum Gasteiger partial charge on any atom is 0.245 e. The maximum atomic E-state index is 4.57. The average molecular weight is 245 g/mol. The fourth-order valence-corrected chi connectivity index (χ4v) is 2.51. The van der Waals surface area contributed by atoms with Crippen molar-refractivity contribution in [1.29, 1.82) is 0 Å². The molecule has 1 aliphatic heterocycles. The minimum Gasteiger partial charge on any atom is -0.341 e. The van der Waals surface area contributed by atoms with Gasteiger partial charge in [-0.3, -0.25) is 0 Å². The minimum absolute atomic E-state index is 0.572. The summed E-state index contributed by atoms with van der Waals surface area (Å²) in [6, 6.07) is 6.62. The summed E-state index contributed by atoms with van der Waals surface area (Å²) < 4.78 is 1.90. The Labute approximate surface area is 107 Å². The summed E-state index contributed by atoms with van der Waals surface area (Å²) >= 11 is 0. The molecular weight excluding hydrogens is 226 g/mol. The first-order valence-electron chi connectivity index (χ1n) is 6.51. The zero-order valence-electron chi connectivity index (χ0n) is 10.9. The van der Waals surface area contributed by atoms with Gasteiger partial charge in [-0.05, 0) is 38.4 Å². The van der Waals surface area contributed by atoms with Gasteiger partial charge in [-0.2, -0.15) is 4.98 Å². The van der Waals surface area contributed by atoms with Gasteiger partial charge in [-0.15, -0.1) is 5.10 Å². The first kappa shape index (κ1) is 11.5. The standard InChI is InChI=1S/C13H19N5/c1-10-5-3-7-12-15-13(16-18(10)12)17(2)9-11-6-4-8-14-11/h3,5,7,11,14H,4,6,8-9H2,1-2H3. The summed E-state index contributed by atoms with van der Waals surface area (Å²) in [5.41, 5.74) is 2.02. The molecule has 0 aromatic carbocycles. The van der Waals surface area contributed by atoms with Crippen molar-refractivity contribution in [3.05, 3.63) is 23.9 Å². The zero-order valence-corrected chi connectivity index (χ0v) is 10.9. The van der Waals surface area contributed by atoms with Gasteiger partial charge in [0.1, 0.15) is 0 Å². The number of nitrogens with one attached hydrogen (secondary N) is 1. The second-order valence-electron chi connectivity index (χ2n) is 5.02. The zero-order chi connectivity index (χ0) is 12.5. The number of likely N-dealkylation sites (N-methyl/N-ethyl adjacent to an activating group) is 1. The topological polar surface area (TPSA) is 45.5 Å². The molecule has 3 rings (SSSR count). The van der Waals surface area contributed by atoms with E-state index in [2.05, 4.69) is 27.3 Å². The predicted molar refractivity (Wildman–Crippen MR) is 72.0 cm³/mol. The van der Waals surface area contributed by atoms with Crippen molar-refractivity contribution in [2.45, 2.75) is 25.8 Å². The maximum absolute atomic E-state index is 4.57. The molecule has 1 unspecified atom stereocenters. The van der Waals surface area contributed by atoms with Crippen LogP contribution in [0.3, 0.4) is 0 Å². The molecule has 0 spiro atoms. The molecule has 1 N–H and O–H groups in total. The number of rotatable bonds is 3. The Morgan fingerprint density at radius 1 is 1.50 bits per heavy atom. The van der Waals surface area contributed by atoms with Crippen LogP contribution in [0.15, 0.2) is 18.2 Å². The smallest absolute Gasteiger partial charge is 0.245 e. The third-order valence-corrected chi connectivity index (χ3v) is 3.54. The Morgan fingerprint density at radius 2 is 2.39 bits per heavy atom. The molecule has 5 nitrogen and oxygen atoms in total. The number of hydrogen-bond acceptors (Lipinski definition) is 4. The molecule has 2 aromatic heterocycles. The van der Waals surface area contributed by atoms with Gasteiger partial charge in [0.05, 0.1) is 0 Å². The van der Waals surface area contributed by atoms with E-state index in [1.54, 1.807) is 0 Å². The largest absolute Gasteiger partial charge is 0.341 e. The van der Waals surface area contributed by atoms with Crippen molar-refractivity contribution in [2.75, 3.05) is 25.0 Å². The lowest BCUT2D eigenvalue weighted by molar-refractivity contribution is 0.594. The fraction of sp³-hybridized carbons (Fsp3) is 0.538. The molecule has 1 fully saturated rings. The number of aromatic nitrogens is 3. The molecule has 0 saturated carbocycles. The highest BCUT2D eigenvalue weighted by molar-refractivity contribution is 5.45. The predicted octanol–water partition coefficient (Wildman–Crippen LogP) is 1.23. The van der Waals surface area contributed by atoms with E-state index in [1.165, 1.54) is 12.8 Å². The summed E-state index contributed by atoms with van der Waals surface area (Å²) in [5, 5.41) is 8.06. The van der Waals surface area contributed by atoms with Gasteiger partial charge in [0.15, 0.2) is 5.65 Å². The number of anilines is 1. The van der Waals surface area contributed by atoms with Crippen LogP contribution in [0.25, 0.3) is 5.65 Å². The Bertz CT molecular complexity index is 541. The van der Waals surface area contributed by atoms with Gasteiger partial charge in [0, 0.05) is 25.3 Å². The number of nitrogens with zero attached hydrogens (tertiary/aromatic N) is 4. The Morgan fingerprint density at radius 3 is 3.11 bits per heavy atom. The van der Waals surface area contributed by atoms with Gasteiger partial charge < -0.3 is 10.2 Å². The van der Waals surface area contributed by atoms with E-state index in [1.807, 2.05) is 29.6 Å². The average Bonchev–Trinajstić information content (AvgIpc) is 2.97. The molecule has 0 bridgehead atoms. The van der Waals surface area contributed by atoms with Crippen LogP contribution in [-0.4, -0.2) is 40.8 Å². The van der Waals surface area contributed by atoms with E-state index < -0.39 is 0 Å². The molecule has 0 aliphatic carbocycles. The van der Waals surface area contributed by atoms with Crippen LogP contribution in [0, 0.1) is 6.92 Å². The first-order chi connectivity index (χ1) is 8.74. The molecule has 0 amide bonds. The molecule has 1 atom stereocenters. The highest BCUT2D eigenvalue weighted by Gasteiger charge is 2.18. The second-order valence-corrected chi connectivity index (χ2v) is 5.02. The van der Waals surface area contributed by atoms with Gasteiger partial charge >= 0.3 is 0 Å². The van der Waals surface area contributed by atoms with Crippen molar-refractivity contribution >= 4 is 11.6 Å². The number of aryl methyl sites for hydroxylation is 1. The van der Waals surface area contributed by atoms with Crippen molar-refractivity contribution < 1.29 is 0 Å². The SMILES string of the molecule is Cc1cccc2nc(N(C)CC3CCCN3)nn12. The van der Waals surface area contributed by atoms with E-state index in [-0.39, 0.29) is 0 Å². The molecule has 5 heteroatoms. The van der Waals surface area contributed by atoms with E-state index in [0.29, 0.717) is 6.04 Å². The van der Waals surface area contributed by atoms with Crippen molar-refractivity contribution in [2.24, 2.45) is 0 Å². The van der Waals surface area contributed by atoms with Crippen LogP contribution < -0.4 is 10.2 Å². The summed E-state index contributed by atoms with van der Waals surface area (Å²) in [4.78, 5) is 6.70. The normalized spacial score (nSPS) is 19.6. The van der Waals surface area contributed by atoms with E-state index in [0.717, 1.165) is 30.4 Å². The second kappa shape index (κ2) is 4.57. The van der Waals surface area contributed by atoms with Gasteiger partial charge in [0.25, 0.3) is 0 Å². The van der Waals surface area contributed by atoms with E-state index in [4.69, 9.17) is 0 Å². The van der Waals surface area contributed by atoms with Crippen LogP contribution >= 0.6 is 0 Å².